The number of aryl methyl sites for hydroxylation is 2. The highest BCUT2D eigenvalue weighted by molar-refractivity contribution is 5.74. The van der Waals surface area contributed by atoms with Gasteiger partial charge >= 0.3 is 0 Å². The second-order valence-corrected chi connectivity index (χ2v) is 8.56. The SMILES string of the molecule is CC(=O)NC1(c2ccc(F)cc2)CCN(Cc2cccc(-n3nc(C)cc3C)c2)CC1. The lowest BCUT2D eigenvalue weighted by molar-refractivity contribution is -0.121. The van der Waals surface area contributed by atoms with Crippen LogP contribution in [0, 0.1) is 19.7 Å². The molecule has 0 atom stereocenters. The second-order valence-electron chi connectivity index (χ2n) is 8.56. The van der Waals surface area contributed by atoms with Gasteiger partial charge in [-0.3, -0.25) is 9.69 Å². The van der Waals surface area contributed by atoms with Crippen LogP contribution in [0.25, 0.3) is 5.69 Å². The van der Waals surface area contributed by atoms with E-state index in [4.69, 9.17) is 0 Å². The quantitative estimate of drug-likeness (QED) is 0.671. The molecular formula is C25H29FN4O. The number of piperidine rings is 1. The maximum Gasteiger partial charge on any atom is 0.217 e. The van der Waals surface area contributed by atoms with E-state index in [1.165, 1.54) is 17.7 Å². The van der Waals surface area contributed by atoms with Gasteiger partial charge in [-0.2, -0.15) is 5.10 Å². The minimum Gasteiger partial charge on any atom is -0.347 e. The van der Waals surface area contributed by atoms with Crippen LogP contribution in [0.4, 0.5) is 4.39 Å². The van der Waals surface area contributed by atoms with Crippen LogP contribution < -0.4 is 5.32 Å². The fourth-order valence-electron chi connectivity index (χ4n) is 4.62. The molecule has 1 fully saturated rings. The molecule has 1 aliphatic heterocycles. The van der Waals surface area contributed by atoms with Crippen LogP contribution in [-0.4, -0.2) is 33.7 Å². The highest BCUT2D eigenvalue weighted by Gasteiger charge is 2.37. The summed E-state index contributed by atoms with van der Waals surface area (Å²) in [6.07, 6.45) is 1.57. The number of rotatable bonds is 5. The van der Waals surface area contributed by atoms with Crippen LogP contribution in [0.1, 0.15) is 42.3 Å². The van der Waals surface area contributed by atoms with Crippen molar-refractivity contribution in [1.82, 2.24) is 20.0 Å². The molecule has 1 aromatic heterocycles. The average Bonchev–Trinajstić information content (AvgIpc) is 3.08. The lowest BCUT2D eigenvalue weighted by Crippen LogP contribution is -2.52. The van der Waals surface area contributed by atoms with E-state index in [-0.39, 0.29) is 11.7 Å². The van der Waals surface area contributed by atoms with E-state index in [9.17, 15) is 9.18 Å². The van der Waals surface area contributed by atoms with Crippen molar-refractivity contribution < 1.29 is 9.18 Å². The van der Waals surface area contributed by atoms with Crippen molar-refractivity contribution in [2.45, 2.75) is 45.7 Å². The summed E-state index contributed by atoms with van der Waals surface area (Å²) >= 11 is 0. The lowest BCUT2D eigenvalue weighted by Gasteiger charge is -2.42. The summed E-state index contributed by atoms with van der Waals surface area (Å²) in [6.45, 7) is 8.15. The molecule has 5 nitrogen and oxygen atoms in total. The van der Waals surface area contributed by atoms with Gasteiger partial charge in [0.15, 0.2) is 0 Å². The third-order valence-electron chi connectivity index (χ3n) is 6.09. The molecule has 6 heteroatoms. The number of benzene rings is 2. The molecule has 162 valence electrons. The highest BCUT2D eigenvalue weighted by atomic mass is 19.1. The molecule has 1 N–H and O–H groups in total. The average molecular weight is 421 g/mol. The Morgan fingerprint density at radius 2 is 1.81 bits per heavy atom. The topological polar surface area (TPSA) is 50.2 Å². The molecule has 31 heavy (non-hydrogen) atoms. The molecule has 1 saturated heterocycles. The monoisotopic (exact) mass is 420 g/mol. The summed E-state index contributed by atoms with van der Waals surface area (Å²) in [5, 5.41) is 7.75. The Hall–Kier alpha value is -2.99. The van der Waals surface area contributed by atoms with Gasteiger partial charge in [0.05, 0.1) is 16.9 Å². The van der Waals surface area contributed by atoms with E-state index in [1.807, 2.05) is 11.6 Å². The van der Waals surface area contributed by atoms with Crippen molar-refractivity contribution in [1.29, 1.82) is 0 Å². The summed E-state index contributed by atoms with van der Waals surface area (Å²) < 4.78 is 15.4. The van der Waals surface area contributed by atoms with Crippen LogP contribution >= 0.6 is 0 Å². The molecule has 4 rings (SSSR count). The maximum absolute atomic E-state index is 13.4. The van der Waals surface area contributed by atoms with E-state index in [2.05, 4.69) is 52.6 Å². The van der Waals surface area contributed by atoms with Gasteiger partial charge in [0, 0.05) is 32.3 Å². The Kier molecular flexibility index (Phi) is 5.92. The van der Waals surface area contributed by atoms with E-state index in [1.54, 1.807) is 19.1 Å². The zero-order valence-electron chi connectivity index (χ0n) is 18.4. The van der Waals surface area contributed by atoms with Gasteiger partial charge in [-0.15, -0.1) is 0 Å². The Bertz CT molecular complexity index is 1070. The molecule has 1 aliphatic rings. The molecule has 0 unspecified atom stereocenters. The van der Waals surface area contributed by atoms with Gasteiger partial charge in [-0.05, 0) is 68.1 Å². The highest BCUT2D eigenvalue weighted by Crippen LogP contribution is 2.34. The van der Waals surface area contributed by atoms with Crippen molar-refractivity contribution in [3.05, 3.63) is 82.9 Å². The number of halogens is 1. The normalized spacial score (nSPS) is 16.3. The zero-order chi connectivity index (χ0) is 22.0. The third kappa shape index (κ3) is 4.69. The van der Waals surface area contributed by atoms with E-state index >= 15 is 0 Å². The van der Waals surface area contributed by atoms with Crippen molar-refractivity contribution in [3.63, 3.8) is 0 Å². The van der Waals surface area contributed by atoms with Gasteiger partial charge in [0.2, 0.25) is 5.91 Å². The van der Waals surface area contributed by atoms with E-state index in [0.29, 0.717) is 0 Å². The minimum atomic E-state index is -0.443. The number of carbonyl (C=O) groups is 1. The summed E-state index contributed by atoms with van der Waals surface area (Å²) in [7, 11) is 0. The summed E-state index contributed by atoms with van der Waals surface area (Å²) in [5.41, 5.74) is 4.95. The zero-order valence-corrected chi connectivity index (χ0v) is 18.4. The first kappa shape index (κ1) is 21.2. The van der Waals surface area contributed by atoms with Crippen molar-refractivity contribution in [2.75, 3.05) is 13.1 Å². The molecule has 0 spiro atoms. The van der Waals surface area contributed by atoms with Gasteiger partial charge in [0.25, 0.3) is 0 Å². The molecule has 2 aromatic carbocycles. The number of hydrogen-bond donors (Lipinski definition) is 1. The molecule has 0 aliphatic carbocycles. The smallest absolute Gasteiger partial charge is 0.217 e. The number of nitrogens with one attached hydrogen (secondary N) is 1. The molecule has 3 aromatic rings. The fourth-order valence-corrected chi connectivity index (χ4v) is 4.62. The Morgan fingerprint density at radius 1 is 1.10 bits per heavy atom. The van der Waals surface area contributed by atoms with Crippen LogP contribution in [0.3, 0.4) is 0 Å². The van der Waals surface area contributed by atoms with Crippen molar-refractivity contribution in [2.24, 2.45) is 0 Å². The molecular weight excluding hydrogens is 391 g/mol. The van der Waals surface area contributed by atoms with Crippen LogP contribution in [0.2, 0.25) is 0 Å². The van der Waals surface area contributed by atoms with Gasteiger partial charge in [-0.25, -0.2) is 9.07 Å². The number of amides is 1. The second kappa shape index (κ2) is 8.63. The van der Waals surface area contributed by atoms with Gasteiger partial charge in [-0.1, -0.05) is 24.3 Å². The summed E-state index contributed by atoms with van der Waals surface area (Å²) in [5.74, 6) is -0.322. The summed E-state index contributed by atoms with van der Waals surface area (Å²) in [6, 6.07) is 17.1. The maximum atomic E-state index is 13.4. The van der Waals surface area contributed by atoms with Crippen LogP contribution in [-0.2, 0) is 16.9 Å². The first-order valence-electron chi connectivity index (χ1n) is 10.7. The number of likely N-dealkylation sites (tertiary alicyclic amines) is 1. The molecule has 0 radical (unpaired) electrons. The largest absolute Gasteiger partial charge is 0.347 e. The van der Waals surface area contributed by atoms with Crippen LogP contribution in [0.15, 0.2) is 54.6 Å². The fraction of sp³-hybridized carbons (Fsp3) is 0.360. The lowest BCUT2D eigenvalue weighted by atomic mass is 9.80. The van der Waals surface area contributed by atoms with Gasteiger partial charge < -0.3 is 5.32 Å². The number of hydrogen-bond acceptors (Lipinski definition) is 3. The minimum absolute atomic E-state index is 0.0598. The predicted molar refractivity (Wildman–Crippen MR) is 119 cm³/mol. The first-order chi connectivity index (χ1) is 14.8. The van der Waals surface area contributed by atoms with E-state index < -0.39 is 5.54 Å². The predicted octanol–water partition coefficient (Wildman–Crippen LogP) is 4.26. The molecule has 2 heterocycles. The van der Waals surface area contributed by atoms with Crippen molar-refractivity contribution >= 4 is 5.91 Å². The van der Waals surface area contributed by atoms with E-state index in [0.717, 1.165) is 55.1 Å². The molecule has 0 bridgehead atoms. The molecule has 0 saturated carbocycles. The standard InChI is InChI=1S/C25H29FN4O/c1-18-15-19(2)30(28-18)24-6-4-5-21(16-24)17-29-13-11-25(12-14-29,27-20(3)31)22-7-9-23(26)10-8-22/h4-10,15-16H,11-14,17H2,1-3H3,(H,27,31). The third-order valence-corrected chi connectivity index (χ3v) is 6.09. The Morgan fingerprint density at radius 3 is 2.42 bits per heavy atom. The number of carbonyl (C=O) groups excluding carboxylic acids is 1. The van der Waals surface area contributed by atoms with Crippen molar-refractivity contribution in [3.8, 4) is 5.69 Å². The first-order valence-corrected chi connectivity index (χ1v) is 10.7. The Balaban J connectivity index is 1.48. The Labute approximate surface area is 182 Å². The summed E-state index contributed by atoms with van der Waals surface area (Å²) in [4.78, 5) is 14.3. The number of nitrogens with zero attached hydrogens (tertiary/aromatic N) is 3. The van der Waals surface area contributed by atoms with Gasteiger partial charge in [0.1, 0.15) is 5.82 Å². The number of aromatic nitrogens is 2. The molecule has 1 amide bonds. The van der Waals surface area contributed by atoms with Crippen LogP contribution in [0.5, 0.6) is 0 Å².